The first kappa shape index (κ1) is 16.2. The molecule has 19 heavy (non-hydrogen) atoms. The summed E-state index contributed by atoms with van der Waals surface area (Å²) in [7, 11) is 0. The lowest BCUT2D eigenvalue weighted by atomic mass is 9.85. The Morgan fingerprint density at radius 3 is 2.16 bits per heavy atom. The van der Waals surface area contributed by atoms with Crippen LogP contribution in [-0.2, 0) is 14.9 Å². The molecular formula is C16H27NO2. The number of benzene rings is 1. The van der Waals surface area contributed by atoms with Crippen LogP contribution in [0.3, 0.4) is 0 Å². The molecule has 0 unspecified atom stereocenters. The molecule has 0 bridgehead atoms. The maximum Gasteiger partial charge on any atom is 0.169 e. The van der Waals surface area contributed by atoms with E-state index in [9.17, 15) is 0 Å². The van der Waals surface area contributed by atoms with Crippen molar-refractivity contribution < 1.29 is 9.47 Å². The summed E-state index contributed by atoms with van der Waals surface area (Å²) in [6.45, 7) is 11.4. The lowest BCUT2D eigenvalue weighted by molar-refractivity contribution is -0.133. The molecule has 0 heterocycles. The summed E-state index contributed by atoms with van der Waals surface area (Å²) in [5, 5.41) is 3.44. The molecule has 0 aromatic heterocycles. The highest BCUT2D eigenvalue weighted by molar-refractivity contribution is 5.23. The van der Waals surface area contributed by atoms with Crippen LogP contribution >= 0.6 is 0 Å². The Kier molecular flexibility index (Phi) is 7.06. The van der Waals surface area contributed by atoms with Crippen molar-refractivity contribution in [3.8, 4) is 0 Å². The van der Waals surface area contributed by atoms with Crippen LogP contribution < -0.4 is 5.32 Å². The van der Waals surface area contributed by atoms with Gasteiger partial charge in [0.2, 0.25) is 0 Å². The summed E-state index contributed by atoms with van der Waals surface area (Å²) < 4.78 is 11.0. The summed E-state index contributed by atoms with van der Waals surface area (Å²) >= 11 is 0. The third-order valence-corrected chi connectivity index (χ3v) is 3.14. The Morgan fingerprint density at radius 1 is 1.05 bits per heavy atom. The molecule has 1 aromatic carbocycles. The van der Waals surface area contributed by atoms with E-state index in [0.29, 0.717) is 13.2 Å². The molecule has 1 rings (SSSR count). The Morgan fingerprint density at radius 2 is 1.63 bits per heavy atom. The van der Waals surface area contributed by atoms with Crippen molar-refractivity contribution in [3.63, 3.8) is 0 Å². The van der Waals surface area contributed by atoms with Gasteiger partial charge in [-0.15, -0.1) is 0 Å². The minimum Gasteiger partial charge on any atom is -0.352 e. The highest BCUT2D eigenvalue weighted by Crippen LogP contribution is 2.21. The van der Waals surface area contributed by atoms with Gasteiger partial charge in [0, 0.05) is 31.7 Å². The Bertz CT molecular complexity index is 332. The van der Waals surface area contributed by atoms with E-state index in [0.717, 1.165) is 13.1 Å². The van der Waals surface area contributed by atoms with E-state index in [1.54, 1.807) is 0 Å². The number of nitrogens with one attached hydrogen (secondary N) is 1. The minimum absolute atomic E-state index is 0.101. The van der Waals surface area contributed by atoms with Gasteiger partial charge in [0.1, 0.15) is 0 Å². The molecule has 3 nitrogen and oxygen atoms in total. The first-order valence-electron chi connectivity index (χ1n) is 7.09. The SMILES string of the molecule is CCOC(CNCC(C)(C)c1ccccc1)OCC. The zero-order valence-electron chi connectivity index (χ0n) is 12.6. The summed E-state index contributed by atoms with van der Waals surface area (Å²) in [5.41, 5.74) is 1.44. The van der Waals surface area contributed by atoms with Crippen LogP contribution in [0.5, 0.6) is 0 Å². The van der Waals surface area contributed by atoms with Gasteiger partial charge in [0.15, 0.2) is 6.29 Å². The largest absolute Gasteiger partial charge is 0.352 e. The van der Waals surface area contributed by atoms with Crippen molar-refractivity contribution in [2.24, 2.45) is 0 Å². The van der Waals surface area contributed by atoms with Crippen LogP contribution in [0, 0.1) is 0 Å². The molecule has 0 radical (unpaired) electrons. The number of ether oxygens (including phenoxy) is 2. The van der Waals surface area contributed by atoms with Crippen molar-refractivity contribution >= 4 is 0 Å². The molecule has 0 atom stereocenters. The normalized spacial score (nSPS) is 12.1. The summed E-state index contributed by atoms with van der Waals surface area (Å²) in [4.78, 5) is 0. The van der Waals surface area contributed by atoms with Crippen molar-refractivity contribution in [2.75, 3.05) is 26.3 Å². The molecule has 0 saturated heterocycles. The van der Waals surface area contributed by atoms with Gasteiger partial charge in [0.25, 0.3) is 0 Å². The zero-order chi connectivity index (χ0) is 14.1. The summed E-state index contributed by atoms with van der Waals surface area (Å²) in [6, 6.07) is 10.6. The van der Waals surface area contributed by atoms with Crippen molar-refractivity contribution in [3.05, 3.63) is 35.9 Å². The van der Waals surface area contributed by atoms with Gasteiger partial charge < -0.3 is 14.8 Å². The predicted octanol–water partition coefficient (Wildman–Crippen LogP) is 2.95. The van der Waals surface area contributed by atoms with Crippen LogP contribution in [0.1, 0.15) is 33.3 Å². The van der Waals surface area contributed by atoms with E-state index >= 15 is 0 Å². The highest BCUT2D eigenvalue weighted by atomic mass is 16.7. The average Bonchev–Trinajstić information content (AvgIpc) is 2.40. The molecule has 0 amide bonds. The lowest BCUT2D eigenvalue weighted by Crippen LogP contribution is -2.39. The molecule has 0 saturated carbocycles. The minimum atomic E-state index is -0.151. The standard InChI is InChI=1S/C16H27NO2/c1-5-18-15(19-6-2)12-17-13-16(3,4)14-10-8-7-9-11-14/h7-11,15,17H,5-6,12-13H2,1-4H3. The topological polar surface area (TPSA) is 30.5 Å². The van der Waals surface area contributed by atoms with Crippen molar-refractivity contribution in [2.45, 2.75) is 39.4 Å². The fourth-order valence-electron chi connectivity index (χ4n) is 2.03. The smallest absolute Gasteiger partial charge is 0.169 e. The maximum absolute atomic E-state index is 5.52. The monoisotopic (exact) mass is 265 g/mol. The van der Waals surface area contributed by atoms with Crippen LogP contribution in [0.2, 0.25) is 0 Å². The van der Waals surface area contributed by atoms with Crippen LogP contribution in [0.25, 0.3) is 0 Å². The van der Waals surface area contributed by atoms with E-state index in [4.69, 9.17) is 9.47 Å². The molecule has 3 heteroatoms. The van der Waals surface area contributed by atoms with Crippen molar-refractivity contribution in [1.82, 2.24) is 5.32 Å². The average molecular weight is 265 g/mol. The quantitative estimate of drug-likeness (QED) is 0.696. The molecule has 1 aromatic rings. The second-order valence-corrected chi connectivity index (χ2v) is 5.22. The molecule has 0 aliphatic carbocycles. The van der Waals surface area contributed by atoms with Gasteiger partial charge in [0.05, 0.1) is 0 Å². The van der Waals surface area contributed by atoms with Gasteiger partial charge in [-0.25, -0.2) is 0 Å². The maximum atomic E-state index is 5.52. The molecule has 1 N–H and O–H groups in total. The second-order valence-electron chi connectivity index (χ2n) is 5.22. The van der Waals surface area contributed by atoms with E-state index < -0.39 is 0 Å². The fraction of sp³-hybridized carbons (Fsp3) is 0.625. The fourth-order valence-corrected chi connectivity index (χ4v) is 2.03. The lowest BCUT2D eigenvalue weighted by Gasteiger charge is -2.27. The molecule has 108 valence electrons. The first-order valence-corrected chi connectivity index (χ1v) is 7.09. The van der Waals surface area contributed by atoms with Gasteiger partial charge in [-0.2, -0.15) is 0 Å². The van der Waals surface area contributed by atoms with E-state index in [1.165, 1.54) is 5.56 Å². The second kappa shape index (κ2) is 8.31. The van der Waals surface area contributed by atoms with E-state index in [-0.39, 0.29) is 11.7 Å². The Balaban J connectivity index is 2.42. The summed E-state index contributed by atoms with van der Waals surface area (Å²) in [5.74, 6) is 0. The van der Waals surface area contributed by atoms with Gasteiger partial charge in [-0.05, 0) is 19.4 Å². The summed E-state index contributed by atoms with van der Waals surface area (Å²) in [6.07, 6.45) is -0.151. The molecule has 0 aliphatic heterocycles. The van der Waals surface area contributed by atoms with E-state index in [1.807, 2.05) is 19.9 Å². The Hall–Kier alpha value is -0.900. The molecular weight excluding hydrogens is 238 g/mol. The number of rotatable bonds is 9. The van der Waals surface area contributed by atoms with Crippen LogP contribution in [0.15, 0.2) is 30.3 Å². The van der Waals surface area contributed by atoms with E-state index in [2.05, 4.69) is 43.4 Å². The van der Waals surface area contributed by atoms with Crippen molar-refractivity contribution in [1.29, 1.82) is 0 Å². The molecule has 0 fully saturated rings. The third-order valence-electron chi connectivity index (χ3n) is 3.14. The molecule has 0 spiro atoms. The van der Waals surface area contributed by atoms with Gasteiger partial charge in [-0.3, -0.25) is 0 Å². The van der Waals surface area contributed by atoms with Gasteiger partial charge >= 0.3 is 0 Å². The Labute approximate surface area is 117 Å². The van der Waals surface area contributed by atoms with Gasteiger partial charge in [-0.1, -0.05) is 44.2 Å². The van der Waals surface area contributed by atoms with Crippen LogP contribution in [-0.4, -0.2) is 32.6 Å². The predicted molar refractivity (Wildman–Crippen MR) is 79.4 cm³/mol. The molecule has 0 aliphatic rings. The highest BCUT2D eigenvalue weighted by Gasteiger charge is 2.20. The number of hydrogen-bond acceptors (Lipinski definition) is 3. The first-order chi connectivity index (χ1) is 9.10. The third kappa shape index (κ3) is 5.72. The van der Waals surface area contributed by atoms with Crippen LogP contribution in [0.4, 0.5) is 0 Å². The zero-order valence-corrected chi connectivity index (χ0v) is 12.6. The number of hydrogen-bond donors (Lipinski definition) is 1.